The summed E-state index contributed by atoms with van der Waals surface area (Å²) in [7, 11) is 0. The Morgan fingerprint density at radius 3 is 2.76 bits per heavy atom. The molecule has 94 valence electrons. The van der Waals surface area contributed by atoms with Crippen molar-refractivity contribution >= 4 is 17.5 Å². The molecule has 0 spiro atoms. The summed E-state index contributed by atoms with van der Waals surface area (Å²) in [5, 5.41) is 10.6. The third-order valence-corrected chi connectivity index (χ3v) is 2.94. The lowest BCUT2D eigenvalue weighted by Crippen LogP contribution is -2.40. The van der Waals surface area contributed by atoms with E-state index < -0.39 is 11.0 Å². The molecule has 6 nitrogen and oxygen atoms in total. The van der Waals surface area contributed by atoms with Crippen molar-refractivity contribution < 1.29 is 0 Å². The van der Waals surface area contributed by atoms with E-state index in [1.165, 1.54) is 0 Å². The zero-order valence-corrected chi connectivity index (χ0v) is 10.7. The third kappa shape index (κ3) is 2.76. The largest absolute Gasteiger partial charge is 0.349 e. The predicted molar refractivity (Wildman–Crippen MR) is 68.9 cm³/mol. The number of hydrogen-bond acceptors (Lipinski definition) is 5. The van der Waals surface area contributed by atoms with Gasteiger partial charge in [0.2, 0.25) is 5.95 Å². The van der Waals surface area contributed by atoms with Crippen molar-refractivity contribution in [1.29, 1.82) is 0 Å². The van der Waals surface area contributed by atoms with Gasteiger partial charge < -0.3 is 11.2 Å². The minimum atomic E-state index is -0.566. The summed E-state index contributed by atoms with van der Waals surface area (Å²) in [5.74, 6) is 6.10. The van der Waals surface area contributed by atoms with Gasteiger partial charge in [0.15, 0.2) is 0 Å². The second kappa shape index (κ2) is 5.18. The predicted octanol–water partition coefficient (Wildman–Crippen LogP) is 0.466. The first-order chi connectivity index (χ1) is 7.94. The minimum Gasteiger partial charge on any atom is -0.349 e. The number of nitrogen functional groups attached to an aromatic ring is 1. The standard InChI is InChI=1S/C10H16ClN5O/c1-4-5-13-9-15-14-7(8(17)16(9)12)10(2,3)6-11/h4H,1,5-6,12H2,2-3H3,(H,13,15). The highest BCUT2D eigenvalue weighted by Gasteiger charge is 2.26. The highest BCUT2D eigenvalue weighted by molar-refractivity contribution is 6.18. The number of nitrogens with zero attached hydrogens (tertiary/aromatic N) is 3. The number of hydrogen-bond donors (Lipinski definition) is 2. The van der Waals surface area contributed by atoms with Crippen LogP contribution < -0.4 is 16.7 Å². The van der Waals surface area contributed by atoms with Crippen LogP contribution in [0.1, 0.15) is 19.5 Å². The lowest BCUT2D eigenvalue weighted by molar-refractivity contribution is 0.545. The quantitative estimate of drug-likeness (QED) is 0.455. The Balaban J connectivity index is 3.20. The topological polar surface area (TPSA) is 85.8 Å². The van der Waals surface area contributed by atoms with Crippen molar-refractivity contribution in [3.05, 3.63) is 28.7 Å². The van der Waals surface area contributed by atoms with Crippen LogP contribution in [0.15, 0.2) is 17.4 Å². The van der Waals surface area contributed by atoms with Crippen LogP contribution in [0.4, 0.5) is 5.95 Å². The SMILES string of the molecule is C=CCNc1nnc(C(C)(C)CCl)c(=O)n1N. The monoisotopic (exact) mass is 257 g/mol. The molecule has 0 radical (unpaired) electrons. The van der Waals surface area contributed by atoms with Gasteiger partial charge in [-0.15, -0.1) is 28.4 Å². The van der Waals surface area contributed by atoms with E-state index in [0.717, 1.165) is 4.68 Å². The van der Waals surface area contributed by atoms with Gasteiger partial charge in [0.1, 0.15) is 5.69 Å². The first-order valence-corrected chi connectivity index (χ1v) is 5.63. The molecule has 0 amide bonds. The number of anilines is 1. The lowest BCUT2D eigenvalue weighted by Gasteiger charge is -2.20. The molecule has 17 heavy (non-hydrogen) atoms. The maximum Gasteiger partial charge on any atom is 0.295 e. The van der Waals surface area contributed by atoms with Gasteiger partial charge in [0.25, 0.3) is 5.56 Å². The number of rotatable bonds is 5. The molecular formula is C10H16ClN5O. The molecule has 0 fully saturated rings. The van der Waals surface area contributed by atoms with Gasteiger partial charge in [-0.2, -0.15) is 4.68 Å². The zero-order valence-electron chi connectivity index (χ0n) is 9.90. The van der Waals surface area contributed by atoms with Gasteiger partial charge >= 0.3 is 0 Å². The van der Waals surface area contributed by atoms with E-state index in [4.69, 9.17) is 17.4 Å². The molecule has 0 saturated heterocycles. The van der Waals surface area contributed by atoms with Gasteiger partial charge in [0, 0.05) is 17.8 Å². The van der Waals surface area contributed by atoms with Crippen molar-refractivity contribution in [2.45, 2.75) is 19.3 Å². The summed E-state index contributed by atoms with van der Waals surface area (Å²) in [6, 6.07) is 0. The number of nitrogens with two attached hydrogens (primary N) is 1. The molecule has 1 aromatic rings. The van der Waals surface area contributed by atoms with E-state index >= 15 is 0 Å². The Morgan fingerprint density at radius 2 is 2.24 bits per heavy atom. The van der Waals surface area contributed by atoms with E-state index in [-0.39, 0.29) is 17.5 Å². The van der Waals surface area contributed by atoms with Crippen molar-refractivity contribution in [2.75, 3.05) is 23.6 Å². The highest BCUT2D eigenvalue weighted by atomic mass is 35.5. The Kier molecular flexibility index (Phi) is 4.11. The molecule has 7 heteroatoms. The second-order valence-electron chi connectivity index (χ2n) is 4.23. The fourth-order valence-electron chi connectivity index (χ4n) is 1.17. The van der Waals surface area contributed by atoms with Crippen molar-refractivity contribution in [3.63, 3.8) is 0 Å². The average molecular weight is 258 g/mol. The van der Waals surface area contributed by atoms with Crippen LogP contribution in [0.3, 0.4) is 0 Å². The maximum absolute atomic E-state index is 12.0. The van der Waals surface area contributed by atoms with E-state index in [9.17, 15) is 4.79 Å². The van der Waals surface area contributed by atoms with Crippen LogP contribution in [0, 0.1) is 0 Å². The smallest absolute Gasteiger partial charge is 0.295 e. The van der Waals surface area contributed by atoms with Gasteiger partial charge in [0.05, 0.1) is 0 Å². The summed E-state index contributed by atoms with van der Waals surface area (Å²) in [5.41, 5.74) is -0.722. The van der Waals surface area contributed by atoms with Crippen LogP contribution in [-0.2, 0) is 5.41 Å². The van der Waals surface area contributed by atoms with Crippen LogP contribution in [0.2, 0.25) is 0 Å². The Hall–Kier alpha value is -1.56. The molecule has 0 aromatic carbocycles. The molecule has 0 bridgehead atoms. The van der Waals surface area contributed by atoms with Crippen molar-refractivity contribution in [2.24, 2.45) is 0 Å². The molecular weight excluding hydrogens is 242 g/mol. The normalized spacial score (nSPS) is 11.2. The van der Waals surface area contributed by atoms with Crippen LogP contribution >= 0.6 is 11.6 Å². The van der Waals surface area contributed by atoms with E-state index in [2.05, 4.69) is 22.1 Å². The molecule has 0 saturated carbocycles. The Bertz CT molecular complexity index is 468. The molecule has 1 aromatic heterocycles. The lowest BCUT2D eigenvalue weighted by atomic mass is 9.92. The third-order valence-electron chi connectivity index (χ3n) is 2.27. The minimum absolute atomic E-state index is 0.198. The molecule has 0 aliphatic carbocycles. The van der Waals surface area contributed by atoms with E-state index in [1.54, 1.807) is 6.08 Å². The number of alkyl halides is 1. The van der Waals surface area contributed by atoms with Crippen LogP contribution in [-0.4, -0.2) is 27.3 Å². The van der Waals surface area contributed by atoms with Gasteiger partial charge in [-0.25, -0.2) is 0 Å². The first kappa shape index (κ1) is 13.5. The zero-order chi connectivity index (χ0) is 13.1. The second-order valence-corrected chi connectivity index (χ2v) is 4.50. The molecule has 0 unspecified atom stereocenters. The summed E-state index contributed by atoms with van der Waals surface area (Å²) in [6.45, 7) is 7.61. The first-order valence-electron chi connectivity index (χ1n) is 5.10. The van der Waals surface area contributed by atoms with Crippen LogP contribution in [0.5, 0.6) is 0 Å². The number of aromatic nitrogens is 3. The highest BCUT2D eigenvalue weighted by Crippen LogP contribution is 2.19. The van der Waals surface area contributed by atoms with Gasteiger partial charge in [-0.1, -0.05) is 19.9 Å². The summed E-state index contributed by atoms with van der Waals surface area (Å²) < 4.78 is 0.931. The van der Waals surface area contributed by atoms with Gasteiger partial charge in [-0.3, -0.25) is 4.79 Å². The van der Waals surface area contributed by atoms with E-state index in [1.807, 2.05) is 13.8 Å². The summed E-state index contributed by atoms with van der Waals surface area (Å²) >= 11 is 5.79. The number of nitrogens with one attached hydrogen (secondary N) is 1. The summed E-state index contributed by atoms with van der Waals surface area (Å²) in [6.07, 6.45) is 1.63. The fraction of sp³-hybridized carbons (Fsp3) is 0.500. The molecule has 1 rings (SSSR count). The number of halogens is 1. The fourth-order valence-corrected chi connectivity index (χ4v) is 1.30. The van der Waals surface area contributed by atoms with Crippen molar-refractivity contribution in [1.82, 2.24) is 14.9 Å². The Morgan fingerprint density at radius 1 is 1.59 bits per heavy atom. The maximum atomic E-state index is 12.0. The Labute approximate surface area is 104 Å². The average Bonchev–Trinajstić information content (AvgIpc) is 2.30. The molecule has 0 aliphatic heterocycles. The molecule has 3 N–H and O–H groups in total. The van der Waals surface area contributed by atoms with Gasteiger partial charge in [-0.05, 0) is 0 Å². The molecule has 1 heterocycles. The van der Waals surface area contributed by atoms with Crippen molar-refractivity contribution in [3.8, 4) is 0 Å². The van der Waals surface area contributed by atoms with E-state index in [0.29, 0.717) is 6.54 Å². The summed E-state index contributed by atoms with van der Waals surface area (Å²) in [4.78, 5) is 12.0. The molecule has 0 atom stereocenters. The molecule has 0 aliphatic rings. The van der Waals surface area contributed by atoms with Crippen LogP contribution in [0.25, 0.3) is 0 Å².